The summed E-state index contributed by atoms with van der Waals surface area (Å²) in [6.07, 6.45) is 1.64. The van der Waals surface area contributed by atoms with Crippen molar-refractivity contribution in [1.82, 2.24) is 4.90 Å². The molecule has 7 nitrogen and oxygen atoms in total. The number of benzene rings is 2. The van der Waals surface area contributed by atoms with Crippen LogP contribution in [0.1, 0.15) is 40.2 Å². The topological polar surface area (TPSA) is 78.2 Å². The number of nitrogens with zero attached hydrogens (tertiary/aromatic N) is 1. The van der Waals surface area contributed by atoms with Crippen molar-refractivity contribution >= 4 is 28.5 Å². The summed E-state index contributed by atoms with van der Waals surface area (Å²) >= 11 is 6.29. The number of rotatable bonds is 9. The first-order chi connectivity index (χ1) is 16.4. The monoisotopic (exact) mass is 483 g/mol. The molecule has 1 aromatic heterocycles. The van der Waals surface area contributed by atoms with E-state index in [1.807, 2.05) is 19.9 Å². The summed E-state index contributed by atoms with van der Waals surface area (Å²) in [5, 5.41) is 0.788. The number of amides is 1. The van der Waals surface area contributed by atoms with Gasteiger partial charge < -0.3 is 23.5 Å². The van der Waals surface area contributed by atoms with Crippen molar-refractivity contribution in [3.05, 3.63) is 80.7 Å². The van der Waals surface area contributed by atoms with E-state index in [-0.39, 0.29) is 29.2 Å². The van der Waals surface area contributed by atoms with Crippen molar-refractivity contribution in [3.8, 4) is 11.5 Å². The quantitative estimate of drug-likeness (QED) is 0.402. The Kier molecular flexibility index (Phi) is 6.95. The maximum absolute atomic E-state index is 13.7. The SMILES string of the molecule is C=CCOc1ccc(C2c3c(oc4cc(C)c(Cl)cc4c3=O)C(=O)N2CCOC)cc1OCC. The minimum Gasteiger partial charge on any atom is -0.490 e. The van der Waals surface area contributed by atoms with Crippen LogP contribution in [0.15, 0.2) is 52.2 Å². The Morgan fingerprint density at radius 3 is 2.68 bits per heavy atom. The van der Waals surface area contributed by atoms with E-state index in [1.54, 1.807) is 42.4 Å². The molecule has 178 valence electrons. The molecule has 8 heteroatoms. The lowest BCUT2D eigenvalue weighted by Crippen LogP contribution is -2.32. The molecule has 2 aromatic carbocycles. The molecule has 0 saturated heterocycles. The maximum atomic E-state index is 13.7. The molecule has 1 aliphatic rings. The van der Waals surface area contributed by atoms with Gasteiger partial charge in [0.25, 0.3) is 5.91 Å². The number of aryl methyl sites for hydroxylation is 1. The highest BCUT2D eigenvalue weighted by Crippen LogP contribution is 2.41. The summed E-state index contributed by atoms with van der Waals surface area (Å²) in [6.45, 7) is 8.68. The number of hydrogen-bond acceptors (Lipinski definition) is 6. The molecule has 0 spiro atoms. The Bertz CT molecular complexity index is 1310. The second-order valence-corrected chi connectivity index (χ2v) is 8.31. The smallest absolute Gasteiger partial charge is 0.290 e. The summed E-state index contributed by atoms with van der Waals surface area (Å²) in [6, 6.07) is 7.98. The summed E-state index contributed by atoms with van der Waals surface area (Å²) in [4.78, 5) is 28.6. The van der Waals surface area contributed by atoms with Gasteiger partial charge in [-0.25, -0.2) is 0 Å². The summed E-state index contributed by atoms with van der Waals surface area (Å²) in [5.41, 5.74) is 1.76. The lowest BCUT2D eigenvalue weighted by atomic mass is 9.97. The van der Waals surface area contributed by atoms with Crippen LogP contribution in [0.25, 0.3) is 11.0 Å². The van der Waals surface area contributed by atoms with Gasteiger partial charge in [-0.05, 0) is 49.2 Å². The van der Waals surface area contributed by atoms with Crippen molar-refractivity contribution < 1.29 is 23.4 Å². The third-order valence-corrected chi connectivity index (χ3v) is 6.13. The molecule has 1 unspecified atom stereocenters. The predicted molar refractivity (Wildman–Crippen MR) is 130 cm³/mol. The molecule has 3 aromatic rings. The fourth-order valence-corrected chi connectivity index (χ4v) is 4.30. The highest BCUT2D eigenvalue weighted by Gasteiger charge is 2.42. The van der Waals surface area contributed by atoms with E-state index in [0.29, 0.717) is 52.9 Å². The van der Waals surface area contributed by atoms with Gasteiger partial charge in [0.2, 0.25) is 5.76 Å². The van der Waals surface area contributed by atoms with Gasteiger partial charge >= 0.3 is 0 Å². The third kappa shape index (κ3) is 4.17. The Balaban J connectivity index is 1.92. The number of ether oxygens (including phenoxy) is 3. The average molecular weight is 484 g/mol. The number of fused-ring (bicyclic) bond motifs is 2. The highest BCUT2D eigenvalue weighted by atomic mass is 35.5. The van der Waals surface area contributed by atoms with Gasteiger partial charge in [-0.3, -0.25) is 9.59 Å². The lowest BCUT2D eigenvalue weighted by Gasteiger charge is -2.25. The largest absolute Gasteiger partial charge is 0.490 e. The Hall–Kier alpha value is -3.29. The van der Waals surface area contributed by atoms with Crippen molar-refractivity contribution in [2.45, 2.75) is 19.9 Å². The molecule has 4 rings (SSSR count). The van der Waals surface area contributed by atoms with E-state index in [9.17, 15) is 9.59 Å². The van der Waals surface area contributed by atoms with Crippen molar-refractivity contribution in [3.63, 3.8) is 0 Å². The first-order valence-corrected chi connectivity index (χ1v) is 11.4. The lowest BCUT2D eigenvalue weighted by molar-refractivity contribution is 0.0663. The van der Waals surface area contributed by atoms with Crippen LogP contribution in [-0.4, -0.2) is 44.3 Å². The minimum absolute atomic E-state index is 0.0327. The van der Waals surface area contributed by atoms with E-state index in [0.717, 1.165) is 5.56 Å². The van der Waals surface area contributed by atoms with Gasteiger partial charge in [0, 0.05) is 18.7 Å². The molecule has 0 saturated carbocycles. The number of carbonyl (C=O) groups excluding carboxylic acids is 1. The maximum Gasteiger partial charge on any atom is 0.290 e. The zero-order chi connectivity index (χ0) is 24.4. The summed E-state index contributed by atoms with van der Waals surface area (Å²) < 4.78 is 22.7. The highest BCUT2D eigenvalue weighted by molar-refractivity contribution is 6.32. The predicted octanol–water partition coefficient (Wildman–Crippen LogP) is 4.91. The van der Waals surface area contributed by atoms with E-state index >= 15 is 0 Å². The van der Waals surface area contributed by atoms with E-state index in [1.165, 1.54) is 0 Å². The van der Waals surface area contributed by atoms with E-state index in [2.05, 4.69) is 6.58 Å². The van der Waals surface area contributed by atoms with Gasteiger partial charge in [0.1, 0.15) is 12.2 Å². The molecular weight excluding hydrogens is 458 g/mol. The molecule has 1 atom stereocenters. The van der Waals surface area contributed by atoms with Gasteiger partial charge in [-0.2, -0.15) is 0 Å². The van der Waals surface area contributed by atoms with Crippen LogP contribution in [0.2, 0.25) is 5.02 Å². The van der Waals surface area contributed by atoms with Crippen LogP contribution in [0, 0.1) is 6.92 Å². The van der Waals surface area contributed by atoms with E-state index < -0.39 is 6.04 Å². The normalized spacial score (nSPS) is 15.0. The molecule has 34 heavy (non-hydrogen) atoms. The van der Waals surface area contributed by atoms with Crippen LogP contribution in [0.4, 0.5) is 0 Å². The first-order valence-electron chi connectivity index (χ1n) is 11.0. The number of carbonyl (C=O) groups is 1. The van der Waals surface area contributed by atoms with E-state index in [4.69, 9.17) is 30.2 Å². The molecule has 1 amide bonds. The van der Waals surface area contributed by atoms with Crippen LogP contribution < -0.4 is 14.9 Å². The molecule has 0 fully saturated rings. The zero-order valence-electron chi connectivity index (χ0n) is 19.4. The average Bonchev–Trinajstić information content (AvgIpc) is 3.10. The molecule has 0 bridgehead atoms. The van der Waals surface area contributed by atoms with Crippen LogP contribution >= 0.6 is 11.6 Å². The Morgan fingerprint density at radius 2 is 1.97 bits per heavy atom. The van der Waals surface area contributed by atoms with Gasteiger partial charge in [-0.15, -0.1) is 0 Å². The Morgan fingerprint density at radius 1 is 1.18 bits per heavy atom. The second kappa shape index (κ2) is 9.91. The first kappa shape index (κ1) is 23.9. The molecule has 1 aliphatic heterocycles. The third-order valence-electron chi connectivity index (χ3n) is 5.72. The second-order valence-electron chi connectivity index (χ2n) is 7.90. The molecule has 0 radical (unpaired) electrons. The zero-order valence-corrected chi connectivity index (χ0v) is 20.1. The number of halogens is 1. The van der Waals surface area contributed by atoms with Gasteiger partial charge in [0.15, 0.2) is 16.9 Å². The molecule has 0 N–H and O–H groups in total. The van der Waals surface area contributed by atoms with Gasteiger partial charge in [-0.1, -0.05) is 30.3 Å². The van der Waals surface area contributed by atoms with Crippen LogP contribution in [0.3, 0.4) is 0 Å². The number of methoxy groups -OCH3 is 1. The summed E-state index contributed by atoms with van der Waals surface area (Å²) in [7, 11) is 1.56. The van der Waals surface area contributed by atoms with Crippen molar-refractivity contribution in [2.24, 2.45) is 0 Å². The van der Waals surface area contributed by atoms with Crippen molar-refractivity contribution in [1.29, 1.82) is 0 Å². The minimum atomic E-state index is -0.675. The molecular formula is C26H26ClNO6. The van der Waals surface area contributed by atoms with Crippen molar-refractivity contribution in [2.75, 3.05) is 33.5 Å². The van der Waals surface area contributed by atoms with Crippen LogP contribution in [0.5, 0.6) is 11.5 Å². The van der Waals surface area contributed by atoms with Gasteiger partial charge in [0.05, 0.1) is 30.2 Å². The summed E-state index contributed by atoms with van der Waals surface area (Å²) in [5.74, 6) is 0.725. The molecule has 0 aliphatic carbocycles. The Labute approximate surface area is 202 Å². The number of hydrogen-bond donors (Lipinski definition) is 0. The standard InChI is InChI=1S/C26H26ClNO6/c1-5-10-33-19-8-7-16(13-21(19)32-6-2)23-22-24(29)17-14-18(27)15(3)12-20(17)34-25(22)26(30)28(23)9-11-31-4/h5,7-8,12-14,23H,1,6,9-11H2,2-4H3. The van der Waals surface area contributed by atoms with Crippen LogP contribution in [-0.2, 0) is 4.74 Å². The molecule has 2 heterocycles. The fraction of sp³-hybridized carbons (Fsp3) is 0.308. The fourth-order valence-electron chi connectivity index (χ4n) is 4.14.